The lowest BCUT2D eigenvalue weighted by Gasteiger charge is -2.00. The molecule has 0 saturated carbocycles. The van der Waals surface area contributed by atoms with Crippen molar-refractivity contribution in [3.63, 3.8) is 0 Å². The Morgan fingerprint density at radius 3 is 2.44 bits per heavy atom. The molecule has 0 aliphatic carbocycles. The summed E-state index contributed by atoms with van der Waals surface area (Å²) in [6.07, 6.45) is 0.359. The molecule has 1 rings (SSSR count). The quantitative estimate of drug-likeness (QED) is 0.647. The van der Waals surface area contributed by atoms with E-state index in [1.807, 2.05) is 0 Å². The fourth-order valence-corrected chi connectivity index (χ4v) is 1.96. The van der Waals surface area contributed by atoms with E-state index in [-0.39, 0.29) is 0 Å². The predicted molar refractivity (Wildman–Crippen MR) is 50.3 cm³/mol. The maximum atomic E-state index is 13.1. The van der Waals surface area contributed by atoms with Crippen LogP contribution < -0.4 is 0 Å². The SMILES string of the molecule is O=C(O)/C=C/S(=O)(=O)c1ccc(F)cc1F. The molecule has 0 aromatic heterocycles. The summed E-state index contributed by atoms with van der Waals surface area (Å²) in [5.74, 6) is -3.67. The molecular weight excluding hydrogens is 242 g/mol. The van der Waals surface area contributed by atoms with Crippen molar-refractivity contribution >= 4 is 15.8 Å². The van der Waals surface area contributed by atoms with E-state index in [1.165, 1.54) is 0 Å². The van der Waals surface area contributed by atoms with Gasteiger partial charge in [0.15, 0.2) is 0 Å². The van der Waals surface area contributed by atoms with Crippen molar-refractivity contribution in [2.24, 2.45) is 0 Å². The highest BCUT2D eigenvalue weighted by molar-refractivity contribution is 7.94. The minimum absolute atomic E-state index is 0.339. The van der Waals surface area contributed by atoms with Crippen LogP contribution in [0.25, 0.3) is 0 Å². The monoisotopic (exact) mass is 248 g/mol. The molecule has 0 atom stereocenters. The second kappa shape index (κ2) is 4.40. The summed E-state index contributed by atoms with van der Waals surface area (Å²) in [7, 11) is -4.21. The highest BCUT2D eigenvalue weighted by Crippen LogP contribution is 2.17. The van der Waals surface area contributed by atoms with Gasteiger partial charge in [0.05, 0.1) is 0 Å². The van der Waals surface area contributed by atoms with Crippen LogP contribution in [-0.2, 0) is 14.6 Å². The van der Waals surface area contributed by atoms with E-state index in [4.69, 9.17) is 5.11 Å². The first-order chi connectivity index (χ1) is 7.33. The molecule has 4 nitrogen and oxygen atoms in total. The largest absolute Gasteiger partial charge is 0.478 e. The van der Waals surface area contributed by atoms with Crippen LogP contribution in [0, 0.1) is 11.6 Å². The highest BCUT2D eigenvalue weighted by Gasteiger charge is 2.16. The van der Waals surface area contributed by atoms with E-state index in [2.05, 4.69) is 0 Å². The molecule has 1 aromatic carbocycles. The topological polar surface area (TPSA) is 71.4 Å². The van der Waals surface area contributed by atoms with Crippen molar-refractivity contribution in [2.75, 3.05) is 0 Å². The fraction of sp³-hybridized carbons (Fsp3) is 0. The summed E-state index contributed by atoms with van der Waals surface area (Å²) in [6, 6.07) is 1.90. The Balaban J connectivity index is 3.23. The fourth-order valence-electron chi connectivity index (χ4n) is 0.927. The average molecular weight is 248 g/mol. The lowest BCUT2D eigenvalue weighted by atomic mass is 10.3. The van der Waals surface area contributed by atoms with E-state index in [0.29, 0.717) is 17.6 Å². The van der Waals surface area contributed by atoms with Crippen molar-refractivity contribution < 1.29 is 27.1 Å². The van der Waals surface area contributed by atoms with Crippen LogP contribution in [-0.4, -0.2) is 19.5 Å². The first-order valence-corrected chi connectivity index (χ1v) is 5.49. The number of carboxylic acid groups (broad SMARTS) is 1. The van der Waals surface area contributed by atoms with Gasteiger partial charge in [0.1, 0.15) is 16.5 Å². The molecule has 0 fully saturated rings. The van der Waals surface area contributed by atoms with Gasteiger partial charge in [0, 0.05) is 17.6 Å². The van der Waals surface area contributed by atoms with Crippen LogP contribution in [0.15, 0.2) is 34.6 Å². The normalized spacial score (nSPS) is 11.9. The lowest BCUT2D eigenvalue weighted by molar-refractivity contribution is -0.131. The molecule has 0 unspecified atom stereocenters. The average Bonchev–Trinajstić information content (AvgIpc) is 2.14. The van der Waals surface area contributed by atoms with Gasteiger partial charge in [-0.2, -0.15) is 0 Å². The third-order valence-electron chi connectivity index (χ3n) is 1.59. The molecule has 16 heavy (non-hydrogen) atoms. The Morgan fingerprint density at radius 2 is 1.94 bits per heavy atom. The van der Waals surface area contributed by atoms with Crippen LogP contribution >= 0.6 is 0 Å². The maximum absolute atomic E-state index is 13.1. The zero-order chi connectivity index (χ0) is 12.3. The molecule has 0 spiro atoms. The van der Waals surface area contributed by atoms with Crippen molar-refractivity contribution in [1.29, 1.82) is 0 Å². The second-order valence-corrected chi connectivity index (χ2v) is 4.56. The van der Waals surface area contributed by atoms with Crippen molar-refractivity contribution in [1.82, 2.24) is 0 Å². The van der Waals surface area contributed by atoms with E-state index < -0.39 is 32.3 Å². The number of halogens is 2. The van der Waals surface area contributed by atoms with Gasteiger partial charge >= 0.3 is 5.97 Å². The van der Waals surface area contributed by atoms with Gasteiger partial charge in [-0.05, 0) is 12.1 Å². The first-order valence-electron chi connectivity index (χ1n) is 3.94. The zero-order valence-electron chi connectivity index (χ0n) is 7.72. The van der Waals surface area contributed by atoms with Gasteiger partial charge in [0.25, 0.3) is 0 Å². The molecule has 0 radical (unpaired) electrons. The molecular formula is C9H6F2O4S. The predicted octanol–water partition coefficient (Wildman–Crippen LogP) is 1.34. The summed E-state index contributed by atoms with van der Waals surface area (Å²) in [5, 5.41) is 8.57. The minimum atomic E-state index is -4.21. The Hall–Kier alpha value is -1.76. The van der Waals surface area contributed by atoms with E-state index in [1.54, 1.807) is 0 Å². The summed E-state index contributed by atoms with van der Waals surface area (Å²) in [5.41, 5.74) is 0. The van der Waals surface area contributed by atoms with Gasteiger partial charge in [-0.25, -0.2) is 22.0 Å². The number of hydrogen-bond donors (Lipinski definition) is 1. The first kappa shape index (κ1) is 12.3. The molecule has 1 aromatic rings. The molecule has 0 heterocycles. The van der Waals surface area contributed by atoms with Gasteiger partial charge in [-0.3, -0.25) is 0 Å². The number of sulfone groups is 1. The number of carbonyl (C=O) groups is 1. The van der Waals surface area contributed by atoms with E-state index in [0.717, 1.165) is 12.1 Å². The van der Waals surface area contributed by atoms with Crippen molar-refractivity contribution in [2.45, 2.75) is 4.90 Å². The molecule has 7 heteroatoms. The Labute approximate surface area is 89.7 Å². The van der Waals surface area contributed by atoms with E-state index in [9.17, 15) is 22.0 Å². The summed E-state index contributed by atoms with van der Waals surface area (Å²) in [4.78, 5) is 9.34. The van der Waals surface area contributed by atoms with Gasteiger partial charge in [-0.15, -0.1) is 0 Å². The van der Waals surface area contributed by atoms with Crippen molar-refractivity contribution in [3.05, 3.63) is 41.3 Å². The molecule has 0 saturated heterocycles. The Bertz CT molecular complexity index is 549. The van der Waals surface area contributed by atoms with Gasteiger partial charge < -0.3 is 5.11 Å². The number of rotatable bonds is 3. The molecule has 0 aliphatic heterocycles. The summed E-state index contributed by atoms with van der Waals surface area (Å²) < 4.78 is 48.3. The van der Waals surface area contributed by atoms with Crippen molar-refractivity contribution in [3.8, 4) is 0 Å². The van der Waals surface area contributed by atoms with Crippen LogP contribution in [0.3, 0.4) is 0 Å². The third kappa shape index (κ3) is 2.86. The lowest BCUT2D eigenvalue weighted by Crippen LogP contribution is -2.01. The van der Waals surface area contributed by atoms with E-state index >= 15 is 0 Å². The number of benzene rings is 1. The second-order valence-electron chi connectivity index (χ2n) is 2.76. The summed E-state index contributed by atoms with van der Waals surface area (Å²) >= 11 is 0. The standard InChI is InChI=1S/C9H6F2O4S/c10-6-1-2-8(7(11)5-6)16(14,15)4-3-9(12)13/h1-5H,(H,12,13)/b4-3+. The minimum Gasteiger partial charge on any atom is -0.478 e. The highest BCUT2D eigenvalue weighted by atomic mass is 32.2. The maximum Gasteiger partial charge on any atom is 0.329 e. The zero-order valence-corrected chi connectivity index (χ0v) is 8.54. The van der Waals surface area contributed by atoms with Crippen LogP contribution in [0.4, 0.5) is 8.78 Å². The van der Waals surface area contributed by atoms with Gasteiger partial charge in [-0.1, -0.05) is 0 Å². The molecule has 0 amide bonds. The number of aliphatic carboxylic acids is 1. The van der Waals surface area contributed by atoms with Crippen LogP contribution in [0.5, 0.6) is 0 Å². The Kier molecular flexibility index (Phi) is 3.38. The van der Waals surface area contributed by atoms with Gasteiger partial charge in [0.2, 0.25) is 9.84 Å². The number of carboxylic acids is 1. The van der Waals surface area contributed by atoms with Crippen LogP contribution in [0.1, 0.15) is 0 Å². The van der Waals surface area contributed by atoms with Crippen LogP contribution in [0.2, 0.25) is 0 Å². The Morgan fingerprint density at radius 1 is 1.31 bits per heavy atom. The molecule has 1 N–H and O–H groups in total. The summed E-state index contributed by atoms with van der Waals surface area (Å²) in [6.45, 7) is 0. The molecule has 86 valence electrons. The third-order valence-corrected chi connectivity index (χ3v) is 3.03. The number of hydrogen-bond acceptors (Lipinski definition) is 3. The molecule has 0 bridgehead atoms. The molecule has 0 aliphatic rings. The smallest absolute Gasteiger partial charge is 0.329 e.